The van der Waals surface area contributed by atoms with Crippen molar-refractivity contribution in [1.82, 2.24) is 5.48 Å². The minimum atomic E-state index is -0.221. The standard InChI is InChI=1S/C8H16O2.C6H13NO.CH2O/c1-6-3-4-7(9)8(5-6)10-2;1-6-2-4-7-8-5-3-6;1-2/h6-9H,3-5H2,1-2H3;6-7H,2-5H2,1H3;1H2. The molecule has 0 aromatic rings. The molecule has 0 aromatic carbocycles. The van der Waals surface area contributed by atoms with Gasteiger partial charge in [0.05, 0.1) is 18.8 Å². The van der Waals surface area contributed by atoms with Crippen molar-refractivity contribution in [2.24, 2.45) is 11.8 Å². The van der Waals surface area contributed by atoms with Crippen LogP contribution in [0.1, 0.15) is 46.0 Å². The van der Waals surface area contributed by atoms with Gasteiger partial charge in [-0.2, -0.15) is 0 Å². The Balaban J connectivity index is 0.000000327. The molecule has 0 radical (unpaired) electrons. The fourth-order valence-corrected chi connectivity index (χ4v) is 2.42. The van der Waals surface area contributed by atoms with Gasteiger partial charge in [0.2, 0.25) is 0 Å². The third-order valence-electron chi connectivity index (χ3n) is 3.88. The van der Waals surface area contributed by atoms with Gasteiger partial charge in [-0.05, 0) is 43.9 Å². The quantitative estimate of drug-likeness (QED) is 0.772. The first kappa shape index (κ1) is 19.5. The first-order valence-electron chi connectivity index (χ1n) is 7.47. The summed E-state index contributed by atoms with van der Waals surface area (Å²) in [4.78, 5) is 13.0. The average molecular weight is 289 g/mol. The van der Waals surface area contributed by atoms with Crippen molar-refractivity contribution in [2.75, 3.05) is 20.3 Å². The lowest BCUT2D eigenvalue weighted by molar-refractivity contribution is -0.0979. The zero-order valence-corrected chi connectivity index (χ0v) is 13.1. The minimum Gasteiger partial charge on any atom is -0.390 e. The molecule has 0 spiro atoms. The normalized spacial score (nSPS) is 33.8. The molecular weight excluding hydrogens is 258 g/mol. The van der Waals surface area contributed by atoms with Crippen molar-refractivity contribution in [3.05, 3.63) is 0 Å². The Kier molecular flexibility index (Phi) is 12.0. The molecule has 2 rings (SSSR count). The molecule has 2 fully saturated rings. The van der Waals surface area contributed by atoms with Crippen molar-refractivity contribution >= 4 is 6.79 Å². The van der Waals surface area contributed by atoms with Crippen molar-refractivity contribution in [3.63, 3.8) is 0 Å². The highest BCUT2D eigenvalue weighted by molar-refractivity contribution is 5.10. The number of rotatable bonds is 1. The number of hydroxylamine groups is 1. The number of hydrogen-bond acceptors (Lipinski definition) is 5. The summed E-state index contributed by atoms with van der Waals surface area (Å²) in [6.07, 6.45) is 5.37. The summed E-state index contributed by atoms with van der Waals surface area (Å²) in [5, 5.41) is 9.36. The van der Waals surface area contributed by atoms with Crippen molar-refractivity contribution in [2.45, 2.75) is 58.2 Å². The van der Waals surface area contributed by atoms with E-state index in [1.54, 1.807) is 7.11 Å². The van der Waals surface area contributed by atoms with E-state index in [-0.39, 0.29) is 12.2 Å². The highest BCUT2D eigenvalue weighted by Gasteiger charge is 2.26. The van der Waals surface area contributed by atoms with E-state index in [2.05, 4.69) is 19.3 Å². The first-order valence-corrected chi connectivity index (χ1v) is 7.47. The van der Waals surface area contributed by atoms with Gasteiger partial charge in [0.25, 0.3) is 0 Å². The molecule has 1 heterocycles. The smallest absolute Gasteiger partial charge is 0.106 e. The van der Waals surface area contributed by atoms with Gasteiger partial charge < -0.3 is 19.5 Å². The zero-order chi connectivity index (χ0) is 15.4. The first-order chi connectivity index (χ1) is 9.63. The molecule has 20 heavy (non-hydrogen) atoms. The molecular formula is C15H31NO4. The summed E-state index contributed by atoms with van der Waals surface area (Å²) in [7, 11) is 1.67. The topological polar surface area (TPSA) is 67.8 Å². The number of nitrogens with one attached hydrogen (secondary N) is 1. The van der Waals surface area contributed by atoms with Crippen LogP contribution in [-0.2, 0) is 14.4 Å². The summed E-state index contributed by atoms with van der Waals surface area (Å²) in [6, 6.07) is 0. The van der Waals surface area contributed by atoms with Gasteiger partial charge in [-0.1, -0.05) is 13.8 Å². The Labute approximate surface area is 123 Å². The van der Waals surface area contributed by atoms with Gasteiger partial charge in [0, 0.05) is 13.7 Å². The van der Waals surface area contributed by atoms with Crippen LogP contribution in [0.3, 0.4) is 0 Å². The maximum atomic E-state index is 9.36. The zero-order valence-electron chi connectivity index (χ0n) is 13.1. The van der Waals surface area contributed by atoms with Crippen LogP contribution in [0.15, 0.2) is 0 Å². The Morgan fingerprint density at radius 3 is 2.45 bits per heavy atom. The number of ether oxygens (including phenoxy) is 1. The Bertz CT molecular complexity index is 220. The van der Waals surface area contributed by atoms with Crippen LogP contribution in [-0.4, -0.2) is 44.4 Å². The number of hydrogen-bond donors (Lipinski definition) is 2. The van der Waals surface area contributed by atoms with E-state index < -0.39 is 0 Å². The molecule has 120 valence electrons. The van der Waals surface area contributed by atoms with E-state index in [0.29, 0.717) is 5.92 Å². The van der Waals surface area contributed by atoms with E-state index in [1.807, 2.05) is 6.79 Å². The van der Waals surface area contributed by atoms with Gasteiger partial charge >= 0.3 is 0 Å². The summed E-state index contributed by atoms with van der Waals surface area (Å²) in [6.45, 7) is 8.36. The highest BCUT2D eigenvalue weighted by atomic mass is 16.6. The van der Waals surface area contributed by atoms with Gasteiger partial charge in [0.1, 0.15) is 6.79 Å². The second kappa shape index (κ2) is 12.3. The summed E-state index contributed by atoms with van der Waals surface area (Å²) >= 11 is 0. The molecule has 1 saturated heterocycles. The van der Waals surface area contributed by atoms with E-state index in [4.69, 9.17) is 14.4 Å². The number of methoxy groups -OCH3 is 1. The molecule has 0 bridgehead atoms. The van der Waals surface area contributed by atoms with Gasteiger partial charge in [-0.15, -0.1) is 0 Å². The molecule has 2 N–H and O–H groups in total. The number of aliphatic hydroxyl groups is 1. The van der Waals surface area contributed by atoms with Gasteiger partial charge in [0.15, 0.2) is 0 Å². The minimum absolute atomic E-state index is 0.0868. The Morgan fingerprint density at radius 1 is 1.15 bits per heavy atom. The second-order valence-corrected chi connectivity index (χ2v) is 5.69. The Morgan fingerprint density at radius 2 is 1.85 bits per heavy atom. The lowest BCUT2D eigenvalue weighted by Gasteiger charge is -2.30. The van der Waals surface area contributed by atoms with Gasteiger partial charge in [-0.3, -0.25) is 0 Å². The molecule has 5 nitrogen and oxygen atoms in total. The maximum Gasteiger partial charge on any atom is 0.106 e. The van der Waals surface area contributed by atoms with E-state index in [0.717, 1.165) is 38.3 Å². The second-order valence-electron chi connectivity index (χ2n) is 5.69. The van der Waals surface area contributed by atoms with Crippen LogP contribution in [0.2, 0.25) is 0 Å². The monoisotopic (exact) mass is 289 g/mol. The lowest BCUT2D eigenvalue weighted by Crippen LogP contribution is -2.34. The predicted octanol–water partition coefficient (Wildman–Crippen LogP) is 1.93. The van der Waals surface area contributed by atoms with E-state index in [1.165, 1.54) is 12.8 Å². The fourth-order valence-electron chi connectivity index (χ4n) is 2.42. The SMILES string of the molecule is C=O.CC1CCNOCC1.COC1CC(C)CCC1O. The average Bonchev–Trinajstić information content (AvgIpc) is 2.72. The third kappa shape index (κ3) is 8.64. The van der Waals surface area contributed by atoms with Gasteiger partial charge in [-0.25, -0.2) is 5.48 Å². The molecule has 2 aliphatic rings. The summed E-state index contributed by atoms with van der Waals surface area (Å²) in [5.74, 6) is 1.55. The molecule has 1 aliphatic heterocycles. The largest absolute Gasteiger partial charge is 0.390 e. The molecule has 1 saturated carbocycles. The third-order valence-corrected chi connectivity index (χ3v) is 3.88. The van der Waals surface area contributed by atoms with Crippen LogP contribution in [0, 0.1) is 11.8 Å². The molecule has 5 heteroatoms. The summed E-state index contributed by atoms with van der Waals surface area (Å²) in [5.41, 5.74) is 2.88. The molecule has 4 atom stereocenters. The molecule has 1 aliphatic carbocycles. The van der Waals surface area contributed by atoms with Crippen LogP contribution < -0.4 is 5.48 Å². The van der Waals surface area contributed by atoms with E-state index >= 15 is 0 Å². The maximum absolute atomic E-state index is 9.36. The van der Waals surface area contributed by atoms with Crippen molar-refractivity contribution in [3.8, 4) is 0 Å². The fraction of sp³-hybridized carbons (Fsp3) is 0.933. The van der Waals surface area contributed by atoms with Crippen LogP contribution in [0.25, 0.3) is 0 Å². The molecule has 0 aromatic heterocycles. The number of aliphatic hydroxyl groups excluding tert-OH is 1. The summed E-state index contributed by atoms with van der Waals surface area (Å²) < 4.78 is 5.12. The van der Waals surface area contributed by atoms with Crippen LogP contribution in [0.4, 0.5) is 0 Å². The van der Waals surface area contributed by atoms with Crippen molar-refractivity contribution < 1.29 is 19.5 Å². The molecule has 0 amide bonds. The Hall–Kier alpha value is -0.490. The van der Waals surface area contributed by atoms with Crippen molar-refractivity contribution in [1.29, 1.82) is 0 Å². The van der Waals surface area contributed by atoms with Crippen LogP contribution >= 0.6 is 0 Å². The highest BCUT2D eigenvalue weighted by Crippen LogP contribution is 2.25. The lowest BCUT2D eigenvalue weighted by atomic mass is 9.87. The predicted molar refractivity (Wildman–Crippen MR) is 79.3 cm³/mol. The van der Waals surface area contributed by atoms with E-state index in [9.17, 15) is 5.11 Å². The number of carbonyl (C=O) groups is 1. The molecule has 4 unspecified atom stereocenters. The van der Waals surface area contributed by atoms with Crippen LogP contribution in [0.5, 0.6) is 0 Å². The number of carbonyl (C=O) groups excluding carboxylic acids is 1.